The summed E-state index contributed by atoms with van der Waals surface area (Å²) in [6.45, 7) is 1.80. The molecule has 1 fully saturated rings. The molecule has 5 nitrogen and oxygen atoms in total. The third kappa shape index (κ3) is 3.71. The van der Waals surface area contributed by atoms with E-state index >= 15 is 0 Å². The number of anilines is 1. The minimum atomic E-state index is -3.32. The fraction of sp³-hybridized carbons (Fsp3) is 0.400. The van der Waals surface area contributed by atoms with Gasteiger partial charge in [-0.3, -0.25) is 9.71 Å². The van der Waals surface area contributed by atoms with E-state index in [2.05, 4.69) is 15.0 Å². The van der Waals surface area contributed by atoms with Crippen molar-refractivity contribution in [2.75, 3.05) is 23.6 Å². The predicted molar refractivity (Wildman–Crippen MR) is 84.7 cm³/mol. The fourth-order valence-electron chi connectivity index (χ4n) is 2.71. The number of hydrogen-bond donors (Lipinski definition) is 2. The summed E-state index contributed by atoms with van der Waals surface area (Å²) in [5.74, 6) is 0.416. The van der Waals surface area contributed by atoms with Gasteiger partial charge in [-0.15, -0.1) is 0 Å². The zero-order valence-electron chi connectivity index (χ0n) is 11.7. The maximum atomic E-state index is 12.2. The number of rotatable bonds is 4. The molecule has 1 aromatic heterocycles. The van der Waals surface area contributed by atoms with Crippen LogP contribution < -0.4 is 10.0 Å². The number of pyridine rings is 1. The van der Waals surface area contributed by atoms with Gasteiger partial charge in [0.25, 0.3) is 0 Å². The molecule has 3 rings (SSSR count). The molecule has 0 amide bonds. The number of para-hydroxylation sites is 1. The Bertz CT molecular complexity index is 725. The van der Waals surface area contributed by atoms with Crippen molar-refractivity contribution in [1.29, 1.82) is 0 Å². The molecule has 1 aliphatic rings. The average molecular weight is 305 g/mol. The van der Waals surface area contributed by atoms with Crippen molar-refractivity contribution in [3.05, 3.63) is 36.5 Å². The molecular weight excluding hydrogens is 286 g/mol. The maximum absolute atomic E-state index is 12.2. The van der Waals surface area contributed by atoms with Gasteiger partial charge >= 0.3 is 0 Å². The van der Waals surface area contributed by atoms with E-state index in [0.29, 0.717) is 5.69 Å². The van der Waals surface area contributed by atoms with Crippen LogP contribution in [-0.2, 0) is 10.0 Å². The van der Waals surface area contributed by atoms with Crippen molar-refractivity contribution < 1.29 is 8.42 Å². The van der Waals surface area contributed by atoms with Crippen LogP contribution in [0.25, 0.3) is 10.9 Å². The van der Waals surface area contributed by atoms with Gasteiger partial charge in [-0.25, -0.2) is 8.42 Å². The van der Waals surface area contributed by atoms with E-state index < -0.39 is 10.0 Å². The second-order valence-electron chi connectivity index (χ2n) is 5.49. The van der Waals surface area contributed by atoms with E-state index in [1.54, 1.807) is 6.20 Å². The van der Waals surface area contributed by atoms with E-state index in [1.807, 2.05) is 30.3 Å². The summed E-state index contributed by atoms with van der Waals surface area (Å²) in [7, 11) is -3.32. The second-order valence-corrected chi connectivity index (χ2v) is 7.26. The summed E-state index contributed by atoms with van der Waals surface area (Å²) in [6.07, 6.45) is 3.40. The van der Waals surface area contributed by atoms with Gasteiger partial charge in [-0.2, -0.15) is 0 Å². The monoisotopic (exact) mass is 305 g/mol. The number of aromatic nitrogens is 1. The second kappa shape index (κ2) is 5.99. The van der Waals surface area contributed by atoms with E-state index in [4.69, 9.17) is 0 Å². The number of nitrogens with one attached hydrogen (secondary N) is 2. The summed E-state index contributed by atoms with van der Waals surface area (Å²) < 4.78 is 27.1. The van der Waals surface area contributed by atoms with Gasteiger partial charge in [0, 0.05) is 5.39 Å². The van der Waals surface area contributed by atoms with E-state index in [9.17, 15) is 8.42 Å². The highest BCUT2D eigenvalue weighted by Crippen LogP contribution is 2.19. The third-order valence-corrected chi connectivity index (χ3v) is 5.23. The Balaban J connectivity index is 1.73. The number of benzene rings is 1. The molecule has 0 spiro atoms. The SMILES string of the molecule is O=S(=O)(CC1CCNCC1)Nc1cnc2ccccc2c1. The zero-order chi connectivity index (χ0) is 14.7. The Hall–Kier alpha value is -1.66. The lowest BCUT2D eigenvalue weighted by molar-refractivity contribution is 0.402. The normalized spacial score (nSPS) is 17.0. The van der Waals surface area contributed by atoms with Crippen LogP contribution >= 0.6 is 0 Å². The van der Waals surface area contributed by atoms with Crippen LogP contribution in [0.2, 0.25) is 0 Å². The molecular formula is C15H19N3O2S. The minimum Gasteiger partial charge on any atom is -0.317 e. The fourth-order valence-corrected chi connectivity index (χ4v) is 4.21. The molecule has 21 heavy (non-hydrogen) atoms. The van der Waals surface area contributed by atoms with Gasteiger partial charge in [0.05, 0.1) is 23.2 Å². The largest absolute Gasteiger partial charge is 0.317 e. The van der Waals surface area contributed by atoms with Crippen molar-refractivity contribution in [3.8, 4) is 0 Å². The first-order valence-corrected chi connectivity index (χ1v) is 8.84. The minimum absolute atomic E-state index is 0.182. The first-order chi connectivity index (χ1) is 10.1. The lowest BCUT2D eigenvalue weighted by Crippen LogP contribution is -2.33. The van der Waals surface area contributed by atoms with E-state index in [1.165, 1.54) is 0 Å². The van der Waals surface area contributed by atoms with Crippen LogP contribution in [0.1, 0.15) is 12.8 Å². The molecule has 2 N–H and O–H groups in total. The molecule has 0 atom stereocenters. The van der Waals surface area contributed by atoms with E-state index in [0.717, 1.165) is 36.8 Å². The van der Waals surface area contributed by atoms with Crippen LogP contribution in [0, 0.1) is 5.92 Å². The molecule has 0 bridgehead atoms. The zero-order valence-corrected chi connectivity index (χ0v) is 12.6. The molecule has 0 aliphatic carbocycles. The number of hydrogen-bond acceptors (Lipinski definition) is 4. The molecule has 1 saturated heterocycles. The van der Waals surface area contributed by atoms with Gasteiger partial charge in [-0.1, -0.05) is 18.2 Å². The highest BCUT2D eigenvalue weighted by molar-refractivity contribution is 7.92. The topological polar surface area (TPSA) is 71.1 Å². The summed E-state index contributed by atoms with van der Waals surface area (Å²) in [4.78, 5) is 4.28. The molecule has 2 aromatic rings. The predicted octanol–water partition coefficient (Wildman–Crippen LogP) is 1.98. The Morgan fingerprint density at radius 3 is 2.81 bits per heavy atom. The molecule has 6 heteroatoms. The number of nitrogens with zero attached hydrogens (tertiary/aromatic N) is 1. The highest BCUT2D eigenvalue weighted by atomic mass is 32.2. The molecule has 0 radical (unpaired) electrons. The van der Waals surface area contributed by atoms with Crippen LogP contribution in [0.3, 0.4) is 0 Å². The average Bonchev–Trinajstić information content (AvgIpc) is 2.47. The van der Waals surface area contributed by atoms with Crippen molar-refractivity contribution in [2.45, 2.75) is 12.8 Å². The molecule has 2 heterocycles. The molecule has 1 aliphatic heterocycles. The van der Waals surface area contributed by atoms with E-state index in [-0.39, 0.29) is 11.7 Å². The van der Waals surface area contributed by atoms with Crippen molar-refractivity contribution in [3.63, 3.8) is 0 Å². The molecule has 0 unspecified atom stereocenters. The molecule has 1 aromatic carbocycles. The highest BCUT2D eigenvalue weighted by Gasteiger charge is 2.21. The van der Waals surface area contributed by atoms with Gasteiger partial charge in [-0.05, 0) is 44.0 Å². The summed E-state index contributed by atoms with van der Waals surface area (Å²) in [5, 5.41) is 4.18. The van der Waals surface area contributed by atoms with Gasteiger partial charge in [0.2, 0.25) is 10.0 Å². The lowest BCUT2D eigenvalue weighted by atomic mass is 10.0. The Labute approximate surface area is 124 Å². The van der Waals surface area contributed by atoms with Crippen LogP contribution in [0.5, 0.6) is 0 Å². The van der Waals surface area contributed by atoms with Crippen LogP contribution in [-0.4, -0.2) is 32.2 Å². The standard InChI is InChI=1S/C15H19N3O2S/c19-21(20,11-12-5-7-16-8-6-12)18-14-9-13-3-1-2-4-15(13)17-10-14/h1-4,9-10,12,16,18H,5-8,11H2. The first-order valence-electron chi connectivity index (χ1n) is 7.18. The van der Waals surface area contributed by atoms with Crippen molar-refractivity contribution in [1.82, 2.24) is 10.3 Å². The van der Waals surface area contributed by atoms with Crippen LogP contribution in [0.4, 0.5) is 5.69 Å². The first kappa shape index (κ1) is 14.3. The Kier molecular flexibility index (Phi) is 4.07. The summed E-state index contributed by atoms with van der Waals surface area (Å²) in [6, 6.07) is 9.48. The quantitative estimate of drug-likeness (QED) is 0.906. The summed E-state index contributed by atoms with van der Waals surface area (Å²) in [5.41, 5.74) is 1.39. The van der Waals surface area contributed by atoms with Crippen molar-refractivity contribution in [2.24, 2.45) is 5.92 Å². The van der Waals surface area contributed by atoms with Gasteiger partial charge < -0.3 is 5.32 Å². The Morgan fingerprint density at radius 1 is 1.24 bits per heavy atom. The van der Waals surface area contributed by atoms with Gasteiger partial charge in [0.1, 0.15) is 0 Å². The maximum Gasteiger partial charge on any atom is 0.233 e. The number of fused-ring (bicyclic) bond motifs is 1. The number of sulfonamides is 1. The number of piperidine rings is 1. The van der Waals surface area contributed by atoms with Crippen molar-refractivity contribution >= 4 is 26.6 Å². The lowest BCUT2D eigenvalue weighted by Gasteiger charge is -2.22. The van der Waals surface area contributed by atoms with Gasteiger partial charge in [0.15, 0.2) is 0 Å². The smallest absolute Gasteiger partial charge is 0.233 e. The molecule has 0 saturated carbocycles. The van der Waals surface area contributed by atoms with Crippen LogP contribution in [0.15, 0.2) is 36.5 Å². The molecule has 112 valence electrons. The third-order valence-electron chi connectivity index (χ3n) is 3.78. The summed E-state index contributed by atoms with van der Waals surface area (Å²) >= 11 is 0. The Morgan fingerprint density at radius 2 is 2.00 bits per heavy atom.